The number of nitrogen functional groups attached to an aromatic ring is 1. The summed E-state index contributed by atoms with van der Waals surface area (Å²) >= 11 is 0. The highest BCUT2D eigenvalue weighted by atomic mass is 16.3. The molecule has 2 saturated heterocycles. The normalized spacial score (nSPS) is 26.3. The maximum Gasteiger partial charge on any atom is 0.287 e. The van der Waals surface area contributed by atoms with E-state index < -0.39 is 0 Å². The average molecular weight is 297 g/mol. The van der Waals surface area contributed by atoms with Gasteiger partial charge in [-0.15, -0.1) is 0 Å². The van der Waals surface area contributed by atoms with Crippen molar-refractivity contribution in [2.24, 2.45) is 5.92 Å². The molecule has 0 aliphatic carbocycles. The van der Waals surface area contributed by atoms with Crippen LogP contribution in [-0.2, 0) is 0 Å². The number of amides is 1. The number of benzene rings is 1. The zero-order valence-electron chi connectivity index (χ0n) is 12.3. The van der Waals surface area contributed by atoms with Crippen molar-refractivity contribution < 1.29 is 9.21 Å². The topological polar surface area (TPSA) is 71.5 Å². The molecule has 2 bridgehead atoms. The zero-order valence-corrected chi connectivity index (χ0v) is 12.3. The minimum Gasteiger partial charge on any atom is -0.451 e. The third kappa shape index (κ3) is 2.27. The number of piperidine rings is 1. The van der Waals surface area contributed by atoms with Gasteiger partial charge in [-0.1, -0.05) is 12.1 Å². The van der Waals surface area contributed by atoms with Crippen LogP contribution in [0.2, 0.25) is 0 Å². The van der Waals surface area contributed by atoms with Gasteiger partial charge in [-0.25, -0.2) is 0 Å². The van der Waals surface area contributed by atoms with Gasteiger partial charge < -0.3 is 20.4 Å². The fraction of sp³-hybridized carbons (Fsp3) is 0.353. The molecule has 3 heterocycles. The average Bonchev–Trinajstić information content (AvgIpc) is 3.24. The number of para-hydroxylation sites is 1. The Kier molecular flexibility index (Phi) is 3.15. The van der Waals surface area contributed by atoms with E-state index in [1.54, 1.807) is 12.1 Å². The van der Waals surface area contributed by atoms with Crippen LogP contribution in [0.5, 0.6) is 0 Å². The molecule has 3 unspecified atom stereocenters. The van der Waals surface area contributed by atoms with E-state index in [9.17, 15) is 4.79 Å². The monoisotopic (exact) mass is 297 g/mol. The Labute approximate surface area is 129 Å². The van der Waals surface area contributed by atoms with Gasteiger partial charge in [0, 0.05) is 30.4 Å². The summed E-state index contributed by atoms with van der Waals surface area (Å²) in [4.78, 5) is 14.7. The van der Waals surface area contributed by atoms with Gasteiger partial charge in [-0.05, 0) is 43.1 Å². The second-order valence-corrected chi connectivity index (χ2v) is 6.14. The van der Waals surface area contributed by atoms with Crippen molar-refractivity contribution in [1.82, 2.24) is 10.2 Å². The van der Waals surface area contributed by atoms with Crippen molar-refractivity contribution >= 4 is 11.6 Å². The van der Waals surface area contributed by atoms with Crippen molar-refractivity contribution in [3.05, 3.63) is 42.2 Å². The van der Waals surface area contributed by atoms with Crippen LogP contribution in [0.4, 0.5) is 5.69 Å². The molecule has 114 valence electrons. The number of carbonyl (C=O) groups is 1. The van der Waals surface area contributed by atoms with Crippen LogP contribution in [0.3, 0.4) is 0 Å². The number of furan rings is 1. The third-order valence-electron chi connectivity index (χ3n) is 4.71. The number of nitrogens with zero attached hydrogens (tertiary/aromatic N) is 1. The molecule has 5 heteroatoms. The lowest BCUT2D eigenvalue weighted by Gasteiger charge is -2.22. The molecule has 2 aliphatic heterocycles. The Hall–Kier alpha value is -2.27. The van der Waals surface area contributed by atoms with Gasteiger partial charge in [-0.3, -0.25) is 4.79 Å². The molecule has 2 aliphatic rings. The summed E-state index contributed by atoms with van der Waals surface area (Å²) in [6.07, 6.45) is 1.18. The first-order chi connectivity index (χ1) is 10.7. The SMILES string of the molecule is Nc1ccccc1-c1ccc(C(=O)NC2CN3CCC2C3)o1. The Morgan fingerprint density at radius 2 is 2.09 bits per heavy atom. The van der Waals surface area contributed by atoms with Crippen LogP contribution >= 0.6 is 0 Å². The summed E-state index contributed by atoms with van der Waals surface area (Å²) in [6, 6.07) is 11.2. The van der Waals surface area contributed by atoms with Gasteiger partial charge in [0.05, 0.1) is 0 Å². The van der Waals surface area contributed by atoms with Crippen molar-refractivity contribution in [1.29, 1.82) is 0 Å². The van der Waals surface area contributed by atoms with Gasteiger partial charge >= 0.3 is 0 Å². The quantitative estimate of drug-likeness (QED) is 0.850. The molecule has 1 amide bonds. The molecule has 1 aromatic carbocycles. The van der Waals surface area contributed by atoms with Crippen LogP contribution in [0.15, 0.2) is 40.8 Å². The van der Waals surface area contributed by atoms with E-state index >= 15 is 0 Å². The van der Waals surface area contributed by atoms with Crippen LogP contribution in [0.25, 0.3) is 11.3 Å². The van der Waals surface area contributed by atoms with Gasteiger partial charge in [-0.2, -0.15) is 0 Å². The first-order valence-corrected chi connectivity index (χ1v) is 7.68. The van der Waals surface area contributed by atoms with Gasteiger partial charge in [0.2, 0.25) is 0 Å². The number of hydrogen-bond acceptors (Lipinski definition) is 4. The highest BCUT2D eigenvalue weighted by Crippen LogP contribution is 2.29. The van der Waals surface area contributed by atoms with Crippen LogP contribution < -0.4 is 11.1 Å². The number of rotatable bonds is 3. The summed E-state index contributed by atoms with van der Waals surface area (Å²) in [5.41, 5.74) is 7.40. The number of nitrogens with two attached hydrogens (primary N) is 1. The number of anilines is 1. The molecule has 0 saturated carbocycles. The van der Waals surface area contributed by atoms with Gasteiger partial charge in [0.1, 0.15) is 5.76 Å². The number of carbonyl (C=O) groups excluding carboxylic acids is 1. The summed E-state index contributed by atoms with van der Waals surface area (Å²) in [7, 11) is 0. The standard InChI is InChI=1S/C17H19N3O2/c18-13-4-2-1-3-12(13)15-5-6-16(22-15)17(21)19-14-10-20-8-7-11(14)9-20/h1-6,11,14H,7-10,18H2,(H,19,21). The molecule has 3 atom stereocenters. The van der Waals surface area contributed by atoms with Crippen molar-refractivity contribution in [3.8, 4) is 11.3 Å². The minimum atomic E-state index is -0.139. The summed E-state index contributed by atoms with van der Waals surface area (Å²) in [6.45, 7) is 3.22. The van der Waals surface area contributed by atoms with Crippen molar-refractivity contribution in [2.75, 3.05) is 25.4 Å². The number of hydrogen-bond donors (Lipinski definition) is 2. The van der Waals surface area contributed by atoms with Gasteiger partial charge in [0.25, 0.3) is 5.91 Å². The van der Waals surface area contributed by atoms with E-state index in [2.05, 4.69) is 10.2 Å². The molecule has 0 spiro atoms. The van der Waals surface area contributed by atoms with Gasteiger partial charge in [0.15, 0.2) is 5.76 Å². The second-order valence-electron chi connectivity index (χ2n) is 6.14. The van der Waals surface area contributed by atoms with E-state index in [0.29, 0.717) is 23.1 Å². The maximum absolute atomic E-state index is 12.4. The first-order valence-electron chi connectivity index (χ1n) is 7.68. The molecule has 1 aromatic heterocycles. The minimum absolute atomic E-state index is 0.139. The number of fused-ring (bicyclic) bond motifs is 2. The largest absolute Gasteiger partial charge is 0.451 e. The lowest BCUT2D eigenvalue weighted by Crippen LogP contribution is -2.43. The van der Waals surface area contributed by atoms with E-state index in [0.717, 1.165) is 25.2 Å². The summed E-state index contributed by atoms with van der Waals surface area (Å²) in [5.74, 6) is 1.42. The van der Waals surface area contributed by atoms with Crippen molar-refractivity contribution in [2.45, 2.75) is 12.5 Å². The predicted octanol–water partition coefficient (Wildman–Crippen LogP) is 1.96. The Bertz CT molecular complexity index is 709. The molecule has 22 heavy (non-hydrogen) atoms. The van der Waals surface area contributed by atoms with E-state index in [1.165, 1.54) is 6.42 Å². The highest BCUT2D eigenvalue weighted by molar-refractivity contribution is 5.92. The fourth-order valence-electron chi connectivity index (χ4n) is 3.51. The summed E-state index contributed by atoms with van der Waals surface area (Å²) in [5, 5.41) is 3.10. The molecule has 2 fully saturated rings. The van der Waals surface area contributed by atoms with E-state index in [-0.39, 0.29) is 11.9 Å². The van der Waals surface area contributed by atoms with Crippen LogP contribution in [0.1, 0.15) is 17.0 Å². The second kappa shape index (κ2) is 5.18. The molecule has 0 radical (unpaired) electrons. The molecule has 3 N–H and O–H groups in total. The van der Waals surface area contributed by atoms with E-state index in [4.69, 9.17) is 10.2 Å². The molecular weight excluding hydrogens is 278 g/mol. The predicted molar refractivity (Wildman–Crippen MR) is 84.4 cm³/mol. The lowest BCUT2D eigenvalue weighted by molar-refractivity contribution is 0.0897. The number of nitrogens with one attached hydrogen (secondary N) is 1. The van der Waals surface area contributed by atoms with E-state index in [1.807, 2.05) is 24.3 Å². The van der Waals surface area contributed by atoms with Crippen LogP contribution in [-0.4, -0.2) is 36.5 Å². The Morgan fingerprint density at radius 1 is 1.23 bits per heavy atom. The maximum atomic E-state index is 12.4. The molecule has 5 nitrogen and oxygen atoms in total. The third-order valence-corrected chi connectivity index (χ3v) is 4.71. The highest BCUT2D eigenvalue weighted by Gasteiger charge is 2.38. The molecular formula is C17H19N3O2. The Balaban J connectivity index is 1.49. The molecule has 2 aromatic rings. The Morgan fingerprint density at radius 3 is 2.82 bits per heavy atom. The fourth-order valence-corrected chi connectivity index (χ4v) is 3.51. The molecule has 4 rings (SSSR count). The summed E-state index contributed by atoms with van der Waals surface area (Å²) < 4.78 is 5.70. The zero-order chi connectivity index (χ0) is 15.1. The van der Waals surface area contributed by atoms with Crippen LogP contribution in [0, 0.1) is 5.92 Å². The van der Waals surface area contributed by atoms with Crippen molar-refractivity contribution in [3.63, 3.8) is 0 Å². The first kappa shape index (κ1) is 13.4. The lowest BCUT2D eigenvalue weighted by atomic mass is 10.00. The smallest absolute Gasteiger partial charge is 0.287 e.